The lowest BCUT2D eigenvalue weighted by atomic mass is 10.0. The Balaban J connectivity index is 1.33. The molecule has 196 valence electrons. The number of esters is 1. The molecular weight excluding hydrogens is 478 g/mol. The average molecular weight is 512 g/mol. The van der Waals surface area contributed by atoms with E-state index in [0.29, 0.717) is 5.82 Å². The van der Waals surface area contributed by atoms with E-state index in [1.807, 2.05) is 98.8 Å². The van der Waals surface area contributed by atoms with Gasteiger partial charge in [-0.2, -0.15) is 4.68 Å². The fourth-order valence-electron chi connectivity index (χ4n) is 5.08. The summed E-state index contributed by atoms with van der Waals surface area (Å²) in [6.45, 7) is 7.00. The van der Waals surface area contributed by atoms with Crippen LogP contribution in [-0.4, -0.2) is 58.5 Å². The van der Waals surface area contributed by atoms with Crippen molar-refractivity contribution in [1.29, 1.82) is 0 Å². The van der Waals surface area contributed by atoms with Crippen molar-refractivity contribution in [3.8, 4) is 17.1 Å². The van der Waals surface area contributed by atoms with Gasteiger partial charge in [0.25, 0.3) is 0 Å². The normalized spacial score (nSPS) is 15.0. The number of ether oxygens (including phenoxy) is 1. The largest absolute Gasteiger partial charge is 0.468 e. The molecule has 0 aliphatic carbocycles. The maximum absolute atomic E-state index is 13.3. The zero-order valence-corrected chi connectivity index (χ0v) is 22.0. The number of hydrogen-bond donors (Lipinski definition) is 0. The first-order chi connectivity index (χ1) is 18.5. The summed E-state index contributed by atoms with van der Waals surface area (Å²) in [6.07, 6.45) is 0. The zero-order chi connectivity index (χ0) is 26.6. The van der Waals surface area contributed by atoms with E-state index in [1.165, 1.54) is 11.8 Å². The highest BCUT2D eigenvalue weighted by atomic mass is 16.5. The predicted molar refractivity (Wildman–Crippen MR) is 149 cm³/mol. The lowest BCUT2D eigenvalue weighted by Crippen LogP contribution is -2.49. The van der Waals surface area contributed by atoms with Gasteiger partial charge in [0.05, 0.1) is 12.8 Å². The molecule has 3 aromatic carbocycles. The molecule has 4 aromatic rings. The van der Waals surface area contributed by atoms with Gasteiger partial charge in [0.15, 0.2) is 5.82 Å². The summed E-state index contributed by atoms with van der Waals surface area (Å²) >= 11 is 0. The van der Waals surface area contributed by atoms with Crippen LogP contribution in [0.5, 0.6) is 0 Å². The highest BCUT2D eigenvalue weighted by molar-refractivity contribution is 5.77. The number of hydrogen-bond acceptors (Lipinski definition) is 6. The van der Waals surface area contributed by atoms with Gasteiger partial charge in [0.2, 0.25) is 0 Å². The van der Waals surface area contributed by atoms with Gasteiger partial charge in [-0.15, -0.1) is 5.10 Å². The van der Waals surface area contributed by atoms with Crippen molar-refractivity contribution < 1.29 is 9.53 Å². The Morgan fingerprint density at radius 2 is 1.39 bits per heavy atom. The second-order valence-corrected chi connectivity index (χ2v) is 9.72. The van der Waals surface area contributed by atoms with Crippen LogP contribution >= 0.6 is 0 Å². The fourth-order valence-corrected chi connectivity index (χ4v) is 5.08. The van der Waals surface area contributed by atoms with E-state index in [-0.39, 0.29) is 17.7 Å². The minimum Gasteiger partial charge on any atom is -0.468 e. The Labute approximate surface area is 222 Å². The SMILES string of the molecule is COC(=O)C(c1ccccc1)N1CCN(c2ccc(-n3nc(-c4ccccc4)n(C(C)C)c3=O)cc2)CC1. The molecule has 1 saturated heterocycles. The van der Waals surface area contributed by atoms with Crippen LogP contribution in [0, 0.1) is 0 Å². The number of nitrogens with zero attached hydrogens (tertiary/aromatic N) is 5. The van der Waals surface area contributed by atoms with Crippen LogP contribution in [0.1, 0.15) is 31.5 Å². The van der Waals surface area contributed by atoms with Crippen LogP contribution in [0.3, 0.4) is 0 Å². The quantitative estimate of drug-likeness (QED) is 0.344. The van der Waals surface area contributed by atoms with Crippen molar-refractivity contribution in [1.82, 2.24) is 19.2 Å². The minimum atomic E-state index is -0.410. The van der Waals surface area contributed by atoms with Gasteiger partial charge >= 0.3 is 11.7 Å². The zero-order valence-electron chi connectivity index (χ0n) is 22.0. The van der Waals surface area contributed by atoms with Gasteiger partial charge in [-0.3, -0.25) is 9.47 Å². The number of anilines is 1. The smallest absolute Gasteiger partial charge is 0.351 e. The number of aromatic nitrogens is 3. The molecule has 1 aromatic heterocycles. The molecular formula is C30H33N5O3. The van der Waals surface area contributed by atoms with Crippen molar-refractivity contribution in [2.45, 2.75) is 25.9 Å². The first-order valence-corrected chi connectivity index (χ1v) is 13.0. The standard InChI is InChI=1S/C30H33N5O3/c1-22(2)34-28(24-12-8-5-9-13-24)31-35(30(34)37)26-16-14-25(15-17-26)32-18-20-33(21-19-32)27(29(36)38-3)23-10-6-4-7-11-23/h4-17,22,27H,18-21H2,1-3H3. The number of benzene rings is 3. The van der Waals surface area contributed by atoms with Crippen molar-refractivity contribution in [2.75, 3.05) is 38.2 Å². The van der Waals surface area contributed by atoms with Gasteiger partial charge < -0.3 is 9.64 Å². The van der Waals surface area contributed by atoms with Gasteiger partial charge in [-0.1, -0.05) is 60.7 Å². The first-order valence-electron chi connectivity index (χ1n) is 13.0. The van der Waals surface area contributed by atoms with Crippen molar-refractivity contribution in [3.63, 3.8) is 0 Å². The summed E-state index contributed by atoms with van der Waals surface area (Å²) in [7, 11) is 1.44. The summed E-state index contributed by atoms with van der Waals surface area (Å²) in [6, 6.07) is 27.1. The molecule has 8 nitrogen and oxygen atoms in total. The predicted octanol–water partition coefficient (Wildman–Crippen LogP) is 4.32. The molecule has 0 N–H and O–H groups in total. The third-order valence-corrected chi connectivity index (χ3v) is 7.04. The molecule has 1 atom stereocenters. The number of methoxy groups -OCH3 is 1. The first kappa shape index (κ1) is 25.5. The molecule has 0 amide bonds. The fraction of sp³-hybridized carbons (Fsp3) is 0.300. The molecule has 0 saturated carbocycles. The topological polar surface area (TPSA) is 72.6 Å². The Morgan fingerprint density at radius 3 is 1.97 bits per heavy atom. The molecule has 1 fully saturated rings. The molecule has 0 radical (unpaired) electrons. The minimum absolute atomic E-state index is 0.0215. The van der Waals surface area contributed by atoms with Gasteiger partial charge in [0.1, 0.15) is 6.04 Å². The molecule has 38 heavy (non-hydrogen) atoms. The van der Waals surface area contributed by atoms with Crippen molar-refractivity contribution in [2.24, 2.45) is 0 Å². The van der Waals surface area contributed by atoms with E-state index in [4.69, 9.17) is 9.84 Å². The third kappa shape index (κ3) is 4.99. The highest BCUT2D eigenvalue weighted by Crippen LogP contribution is 2.26. The lowest BCUT2D eigenvalue weighted by Gasteiger charge is -2.39. The van der Waals surface area contributed by atoms with Gasteiger partial charge in [-0.25, -0.2) is 9.59 Å². The molecule has 5 rings (SSSR count). The third-order valence-electron chi connectivity index (χ3n) is 7.04. The summed E-state index contributed by atoms with van der Waals surface area (Å²) in [4.78, 5) is 30.4. The number of piperazine rings is 1. The highest BCUT2D eigenvalue weighted by Gasteiger charge is 2.31. The Bertz CT molecular complexity index is 1420. The molecule has 2 heterocycles. The van der Waals surface area contributed by atoms with E-state index in [9.17, 15) is 9.59 Å². The summed E-state index contributed by atoms with van der Waals surface area (Å²) < 4.78 is 8.33. The summed E-state index contributed by atoms with van der Waals surface area (Å²) in [5, 5.41) is 4.70. The van der Waals surface area contributed by atoms with Crippen LogP contribution < -0.4 is 10.6 Å². The summed E-state index contributed by atoms with van der Waals surface area (Å²) in [5.41, 5.74) is 3.49. The molecule has 0 bridgehead atoms. The Morgan fingerprint density at radius 1 is 0.816 bits per heavy atom. The van der Waals surface area contributed by atoms with Crippen molar-refractivity contribution in [3.05, 3.63) is 101 Å². The Kier molecular flexibility index (Phi) is 7.42. The van der Waals surface area contributed by atoms with Crippen LogP contribution in [0.25, 0.3) is 17.1 Å². The van der Waals surface area contributed by atoms with E-state index >= 15 is 0 Å². The van der Waals surface area contributed by atoms with E-state index in [1.54, 1.807) is 4.57 Å². The maximum atomic E-state index is 13.3. The monoisotopic (exact) mass is 511 g/mol. The van der Waals surface area contributed by atoms with Crippen LogP contribution in [0.15, 0.2) is 89.7 Å². The average Bonchev–Trinajstić information content (AvgIpc) is 3.32. The van der Waals surface area contributed by atoms with E-state index < -0.39 is 6.04 Å². The Hall–Kier alpha value is -4.17. The molecule has 1 unspecified atom stereocenters. The summed E-state index contributed by atoms with van der Waals surface area (Å²) in [5.74, 6) is 0.416. The van der Waals surface area contributed by atoms with E-state index in [0.717, 1.165) is 48.7 Å². The van der Waals surface area contributed by atoms with E-state index in [2.05, 4.69) is 9.80 Å². The van der Waals surface area contributed by atoms with Gasteiger partial charge in [0, 0.05) is 43.5 Å². The van der Waals surface area contributed by atoms with Crippen LogP contribution in [0.4, 0.5) is 5.69 Å². The van der Waals surface area contributed by atoms with Gasteiger partial charge in [-0.05, 0) is 43.7 Å². The molecule has 1 aliphatic rings. The lowest BCUT2D eigenvalue weighted by molar-refractivity contribution is -0.147. The molecule has 0 spiro atoms. The van der Waals surface area contributed by atoms with Crippen LogP contribution in [-0.2, 0) is 9.53 Å². The molecule has 1 aliphatic heterocycles. The number of rotatable bonds is 7. The number of carbonyl (C=O) groups is 1. The number of carbonyl (C=O) groups excluding carboxylic acids is 1. The second-order valence-electron chi connectivity index (χ2n) is 9.72. The van der Waals surface area contributed by atoms with Crippen LogP contribution in [0.2, 0.25) is 0 Å². The molecule has 8 heteroatoms. The second kappa shape index (κ2) is 11.1. The maximum Gasteiger partial charge on any atom is 0.351 e. The van der Waals surface area contributed by atoms with Crippen molar-refractivity contribution >= 4 is 11.7 Å².